The van der Waals surface area contributed by atoms with Crippen LogP contribution in [0.2, 0.25) is 0 Å². The Morgan fingerprint density at radius 2 is 1.86 bits per heavy atom. The summed E-state index contributed by atoms with van der Waals surface area (Å²) in [5, 5.41) is 2.83. The zero-order valence-corrected chi connectivity index (χ0v) is 23.5. The average molecular weight is 587 g/mol. The van der Waals surface area contributed by atoms with Gasteiger partial charge in [-0.2, -0.15) is 0 Å². The number of hydrogen-bond acceptors (Lipinski definition) is 5. The maximum absolute atomic E-state index is 13.6. The molecule has 36 heavy (non-hydrogen) atoms. The van der Waals surface area contributed by atoms with Crippen molar-refractivity contribution in [1.82, 2.24) is 4.90 Å². The molecule has 1 atom stereocenters. The van der Waals surface area contributed by atoms with Crippen molar-refractivity contribution in [2.45, 2.75) is 39.5 Å². The van der Waals surface area contributed by atoms with E-state index in [0.717, 1.165) is 30.2 Å². The standard InChI is InChI=1S/C27H28BrN3O3S2/c1-3-5-9-17(4-2)15-31-26(34)24(36-27(31)35)23-20-12-6-7-13-21(20)30(25(23)33)16-22(32)29-19-11-8-10-18(28)14-19/h6-8,10-14,17H,3-5,9,15-16H2,1-2H3,(H,29,32)/b24-23-. The van der Waals surface area contributed by atoms with Crippen LogP contribution in [0.15, 0.2) is 57.9 Å². The van der Waals surface area contributed by atoms with E-state index in [0.29, 0.717) is 44.2 Å². The Hall–Kier alpha value is -2.49. The Kier molecular flexibility index (Phi) is 8.64. The summed E-state index contributed by atoms with van der Waals surface area (Å²) in [6.07, 6.45) is 4.22. The fraction of sp³-hybridized carbons (Fsp3) is 0.333. The van der Waals surface area contributed by atoms with Crippen LogP contribution in [0.25, 0.3) is 5.57 Å². The van der Waals surface area contributed by atoms with Gasteiger partial charge in [-0.25, -0.2) is 0 Å². The summed E-state index contributed by atoms with van der Waals surface area (Å²) in [6, 6.07) is 14.5. The molecule has 1 unspecified atom stereocenters. The van der Waals surface area contributed by atoms with Crippen molar-refractivity contribution in [3.05, 3.63) is 63.5 Å². The van der Waals surface area contributed by atoms with Gasteiger partial charge in [0.1, 0.15) is 10.9 Å². The number of carbonyl (C=O) groups is 3. The Bertz CT molecular complexity index is 1250. The molecular formula is C27H28BrN3O3S2. The van der Waals surface area contributed by atoms with Crippen LogP contribution in [-0.4, -0.2) is 40.0 Å². The molecule has 0 radical (unpaired) electrons. The summed E-state index contributed by atoms with van der Waals surface area (Å²) in [6.45, 7) is 4.68. The molecule has 3 amide bonds. The number of nitrogens with zero attached hydrogens (tertiary/aromatic N) is 2. The van der Waals surface area contributed by atoms with E-state index in [1.165, 1.54) is 16.7 Å². The van der Waals surface area contributed by atoms with Gasteiger partial charge in [0.25, 0.3) is 11.8 Å². The van der Waals surface area contributed by atoms with E-state index in [2.05, 4.69) is 35.1 Å². The minimum atomic E-state index is -0.362. The van der Waals surface area contributed by atoms with E-state index in [-0.39, 0.29) is 24.3 Å². The monoisotopic (exact) mass is 585 g/mol. The van der Waals surface area contributed by atoms with Crippen LogP contribution in [0.1, 0.15) is 45.1 Å². The lowest BCUT2D eigenvalue weighted by atomic mass is 9.98. The second-order valence-electron chi connectivity index (χ2n) is 8.87. The fourth-order valence-corrected chi connectivity index (χ4v) is 6.19. The lowest BCUT2D eigenvalue weighted by molar-refractivity contribution is -0.123. The van der Waals surface area contributed by atoms with Crippen molar-refractivity contribution in [3.63, 3.8) is 0 Å². The number of fused-ring (bicyclic) bond motifs is 1. The molecular weight excluding hydrogens is 558 g/mol. The number of anilines is 2. The van der Waals surface area contributed by atoms with Crippen LogP contribution in [0.3, 0.4) is 0 Å². The molecule has 0 spiro atoms. The third kappa shape index (κ3) is 5.58. The van der Waals surface area contributed by atoms with Gasteiger partial charge in [0.2, 0.25) is 5.91 Å². The minimum Gasteiger partial charge on any atom is -0.324 e. The highest BCUT2D eigenvalue weighted by atomic mass is 79.9. The van der Waals surface area contributed by atoms with Gasteiger partial charge in [0, 0.05) is 22.3 Å². The van der Waals surface area contributed by atoms with Gasteiger partial charge >= 0.3 is 0 Å². The zero-order valence-electron chi connectivity index (χ0n) is 20.3. The zero-order chi connectivity index (χ0) is 25.8. The number of thiocarbonyl (C=S) groups is 1. The second-order valence-corrected chi connectivity index (χ2v) is 11.4. The summed E-state index contributed by atoms with van der Waals surface area (Å²) in [7, 11) is 0. The summed E-state index contributed by atoms with van der Waals surface area (Å²) in [4.78, 5) is 43.4. The van der Waals surface area contributed by atoms with Gasteiger partial charge in [0.05, 0.1) is 16.2 Å². The number of carbonyl (C=O) groups excluding carboxylic acids is 3. The molecule has 6 nitrogen and oxygen atoms in total. The highest BCUT2D eigenvalue weighted by Gasteiger charge is 2.42. The Labute approximate surface area is 229 Å². The first-order valence-corrected chi connectivity index (χ1v) is 14.1. The van der Waals surface area contributed by atoms with Gasteiger partial charge in [-0.15, -0.1) is 0 Å². The molecule has 0 aliphatic carbocycles. The molecule has 9 heteroatoms. The third-order valence-electron chi connectivity index (χ3n) is 6.39. The largest absolute Gasteiger partial charge is 0.324 e. The highest BCUT2D eigenvalue weighted by molar-refractivity contribution is 9.10. The van der Waals surface area contributed by atoms with E-state index >= 15 is 0 Å². The van der Waals surface area contributed by atoms with E-state index in [9.17, 15) is 14.4 Å². The van der Waals surface area contributed by atoms with Crippen molar-refractivity contribution < 1.29 is 14.4 Å². The number of para-hydroxylation sites is 1. The van der Waals surface area contributed by atoms with Crippen molar-refractivity contribution >= 4 is 78.9 Å². The van der Waals surface area contributed by atoms with Crippen LogP contribution in [-0.2, 0) is 14.4 Å². The summed E-state index contributed by atoms with van der Waals surface area (Å²) in [5.41, 5.74) is 2.21. The molecule has 0 bridgehead atoms. The summed E-state index contributed by atoms with van der Waals surface area (Å²) in [5.74, 6) is -0.550. The number of unbranched alkanes of at least 4 members (excludes halogenated alkanes) is 1. The Morgan fingerprint density at radius 1 is 1.08 bits per heavy atom. The smallest absolute Gasteiger partial charge is 0.267 e. The van der Waals surface area contributed by atoms with Crippen LogP contribution in [0.5, 0.6) is 0 Å². The van der Waals surface area contributed by atoms with Crippen molar-refractivity contribution in [2.75, 3.05) is 23.3 Å². The van der Waals surface area contributed by atoms with Gasteiger partial charge in [-0.05, 0) is 36.6 Å². The molecule has 188 valence electrons. The van der Waals surface area contributed by atoms with Crippen LogP contribution in [0.4, 0.5) is 11.4 Å². The molecule has 1 saturated heterocycles. The predicted octanol–water partition coefficient (Wildman–Crippen LogP) is 6.22. The Morgan fingerprint density at radius 3 is 2.58 bits per heavy atom. The average Bonchev–Trinajstić information content (AvgIpc) is 3.28. The van der Waals surface area contributed by atoms with Crippen LogP contribution < -0.4 is 10.2 Å². The molecule has 1 N–H and O–H groups in total. The fourth-order valence-electron chi connectivity index (χ4n) is 4.45. The number of amides is 3. The van der Waals surface area contributed by atoms with Crippen molar-refractivity contribution in [3.8, 4) is 0 Å². The second kappa shape index (κ2) is 11.7. The normalized spacial score (nSPS) is 18.1. The molecule has 0 aromatic heterocycles. The Balaban J connectivity index is 1.59. The van der Waals surface area contributed by atoms with E-state index < -0.39 is 0 Å². The number of benzene rings is 2. The molecule has 4 rings (SSSR count). The van der Waals surface area contributed by atoms with Gasteiger partial charge < -0.3 is 5.32 Å². The number of hydrogen-bond donors (Lipinski definition) is 1. The molecule has 2 heterocycles. The maximum Gasteiger partial charge on any atom is 0.267 e. The molecule has 2 aromatic rings. The number of thioether (sulfide) groups is 1. The number of nitrogens with one attached hydrogen (secondary N) is 1. The lowest BCUT2D eigenvalue weighted by Gasteiger charge is -2.21. The number of halogens is 1. The summed E-state index contributed by atoms with van der Waals surface area (Å²) < 4.78 is 1.32. The van der Waals surface area contributed by atoms with E-state index in [1.54, 1.807) is 23.1 Å². The predicted molar refractivity (Wildman–Crippen MR) is 154 cm³/mol. The minimum absolute atomic E-state index is 0.166. The molecule has 2 aromatic carbocycles. The highest BCUT2D eigenvalue weighted by Crippen LogP contribution is 2.44. The maximum atomic E-state index is 13.6. The van der Waals surface area contributed by atoms with Crippen molar-refractivity contribution in [2.24, 2.45) is 5.92 Å². The van der Waals surface area contributed by atoms with E-state index in [1.807, 2.05) is 30.3 Å². The first kappa shape index (κ1) is 26.6. The van der Waals surface area contributed by atoms with Gasteiger partial charge in [0.15, 0.2) is 0 Å². The quantitative estimate of drug-likeness (QED) is 0.279. The first-order valence-electron chi connectivity index (χ1n) is 12.1. The molecule has 1 fully saturated rings. The van der Waals surface area contributed by atoms with E-state index in [4.69, 9.17) is 12.2 Å². The molecule has 2 aliphatic rings. The lowest BCUT2D eigenvalue weighted by Crippen LogP contribution is -2.36. The van der Waals surface area contributed by atoms with Gasteiger partial charge in [-0.1, -0.05) is 97.3 Å². The summed E-state index contributed by atoms with van der Waals surface area (Å²) >= 11 is 10.1. The topological polar surface area (TPSA) is 69.7 Å². The molecule has 0 saturated carbocycles. The van der Waals surface area contributed by atoms with Gasteiger partial charge in [-0.3, -0.25) is 24.2 Å². The van der Waals surface area contributed by atoms with Crippen molar-refractivity contribution in [1.29, 1.82) is 0 Å². The first-order chi connectivity index (χ1) is 17.3. The molecule has 2 aliphatic heterocycles. The van der Waals surface area contributed by atoms with Crippen LogP contribution >= 0.6 is 39.9 Å². The number of rotatable bonds is 9. The third-order valence-corrected chi connectivity index (χ3v) is 8.34. The SMILES string of the molecule is CCCCC(CC)CN1C(=O)/C(=C2/C(=O)N(CC(=O)Nc3cccc(Br)c3)c3ccccc32)SC1=S. The van der Waals surface area contributed by atoms with Crippen LogP contribution in [0, 0.1) is 5.92 Å².